The van der Waals surface area contributed by atoms with E-state index in [0.717, 1.165) is 51.5 Å². The van der Waals surface area contributed by atoms with E-state index in [1.54, 1.807) is 0 Å². The molecule has 0 atom stereocenters. The summed E-state index contributed by atoms with van der Waals surface area (Å²) in [5.74, 6) is 1.52. The first kappa shape index (κ1) is 19.5. The van der Waals surface area contributed by atoms with Gasteiger partial charge in [0, 0.05) is 32.3 Å². The Morgan fingerprint density at radius 1 is 1.23 bits per heavy atom. The number of carbonyl (C=O) groups is 1. The molecule has 1 amide bonds. The molecule has 0 saturated heterocycles. The van der Waals surface area contributed by atoms with Crippen LogP contribution in [-0.4, -0.2) is 50.8 Å². The van der Waals surface area contributed by atoms with Crippen LogP contribution in [0.5, 0.6) is 0 Å². The first-order valence-electron chi connectivity index (χ1n) is 8.17. The maximum Gasteiger partial charge on any atom is 0.242 e. The number of ether oxygens (including phenoxy) is 1. The number of hydrogen-bond donors (Lipinski definition) is 3. The van der Waals surface area contributed by atoms with Crippen LogP contribution >= 0.6 is 24.0 Å². The van der Waals surface area contributed by atoms with Crippen molar-refractivity contribution in [2.75, 3.05) is 32.8 Å². The third kappa shape index (κ3) is 9.45. The third-order valence-corrected chi connectivity index (χ3v) is 3.48. The molecule has 2 aliphatic rings. The number of amides is 1. The Labute approximate surface area is 150 Å². The van der Waals surface area contributed by atoms with Gasteiger partial charge in [0.25, 0.3) is 0 Å². The summed E-state index contributed by atoms with van der Waals surface area (Å²) in [6, 6.07) is 0.395. The number of guanidine groups is 1. The largest absolute Gasteiger partial charge is 0.381 e. The number of hydrogen-bond acceptors (Lipinski definition) is 3. The molecule has 128 valence electrons. The van der Waals surface area contributed by atoms with Gasteiger partial charge in [0.1, 0.15) is 6.54 Å². The molecule has 0 aromatic rings. The second-order valence-corrected chi connectivity index (χ2v) is 5.84. The van der Waals surface area contributed by atoms with E-state index in [1.165, 1.54) is 12.8 Å². The molecule has 2 aliphatic carbocycles. The molecule has 0 unspecified atom stereocenters. The number of nitrogens with one attached hydrogen (secondary N) is 3. The average Bonchev–Trinajstić information content (AvgIpc) is 3.34. The fraction of sp³-hybridized carbons (Fsp3) is 0.867. The predicted octanol–water partition coefficient (Wildman–Crippen LogP) is 1.25. The van der Waals surface area contributed by atoms with Crippen molar-refractivity contribution >= 4 is 35.8 Å². The van der Waals surface area contributed by atoms with Gasteiger partial charge in [-0.15, -0.1) is 24.0 Å². The van der Waals surface area contributed by atoms with Gasteiger partial charge >= 0.3 is 0 Å². The Kier molecular flexibility index (Phi) is 9.77. The number of halogens is 1. The molecule has 0 heterocycles. The second-order valence-electron chi connectivity index (χ2n) is 5.84. The Balaban J connectivity index is 0.00000242. The number of rotatable bonds is 10. The predicted molar refractivity (Wildman–Crippen MR) is 98.7 cm³/mol. The lowest BCUT2D eigenvalue weighted by atomic mass is 10.4. The van der Waals surface area contributed by atoms with Crippen LogP contribution in [0.4, 0.5) is 0 Å². The van der Waals surface area contributed by atoms with Gasteiger partial charge < -0.3 is 20.7 Å². The minimum atomic E-state index is 0. The Morgan fingerprint density at radius 2 is 2.00 bits per heavy atom. The van der Waals surface area contributed by atoms with Crippen molar-refractivity contribution in [2.45, 2.75) is 45.1 Å². The fourth-order valence-electron chi connectivity index (χ4n) is 1.91. The van der Waals surface area contributed by atoms with Crippen molar-refractivity contribution in [1.29, 1.82) is 0 Å². The molecule has 3 N–H and O–H groups in total. The highest BCUT2D eigenvalue weighted by atomic mass is 127. The van der Waals surface area contributed by atoms with Crippen molar-refractivity contribution in [2.24, 2.45) is 10.9 Å². The van der Waals surface area contributed by atoms with Crippen LogP contribution in [-0.2, 0) is 9.53 Å². The summed E-state index contributed by atoms with van der Waals surface area (Å²) in [5, 5.41) is 9.30. The molecule has 6 nitrogen and oxygen atoms in total. The SMILES string of the molecule is CCNC(=NCC(=O)NC1CC1)NCCCOCC1CC1.I. The summed E-state index contributed by atoms with van der Waals surface area (Å²) < 4.78 is 5.58. The van der Waals surface area contributed by atoms with Gasteiger partial charge in [0.05, 0.1) is 0 Å². The molecule has 0 bridgehead atoms. The molecular weight excluding hydrogens is 395 g/mol. The molecular formula is C15H29IN4O2. The smallest absolute Gasteiger partial charge is 0.242 e. The van der Waals surface area contributed by atoms with E-state index in [4.69, 9.17) is 4.74 Å². The highest BCUT2D eigenvalue weighted by Crippen LogP contribution is 2.28. The van der Waals surface area contributed by atoms with Gasteiger partial charge in [-0.05, 0) is 44.9 Å². The van der Waals surface area contributed by atoms with Gasteiger partial charge in [-0.2, -0.15) is 0 Å². The first-order chi connectivity index (χ1) is 10.3. The van der Waals surface area contributed by atoms with Crippen LogP contribution in [0.15, 0.2) is 4.99 Å². The topological polar surface area (TPSA) is 74.8 Å². The lowest BCUT2D eigenvalue weighted by Crippen LogP contribution is -2.39. The zero-order valence-corrected chi connectivity index (χ0v) is 15.7. The van der Waals surface area contributed by atoms with E-state index in [9.17, 15) is 4.79 Å². The Bertz CT molecular complexity index is 357. The molecule has 22 heavy (non-hydrogen) atoms. The lowest BCUT2D eigenvalue weighted by molar-refractivity contribution is -0.119. The first-order valence-corrected chi connectivity index (χ1v) is 8.17. The summed E-state index contributed by atoms with van der Waals surface area (Å²) in [5.41, 5.74) is 0. The average molecular weight is 424 g/mol. The summed E-state index contributed by atoms with van der Waals surface area (Å²) in [4.78, 5) is 15.9. The summed E-state index contributed by atoms with van der Waals surface area (Å²) in [7, 11) is 0. The number of nitrogens with zero attached hydrogens (tertiary/aromatic N) is 1. The van der Waals surface area contributed by atoms with Gasteiger partial charge in [-0.3, -0.25) is 4.79 Å². The van der Waals surface area contributed by atoms with Crippen molar-refractivity contribution in [3.8, 4) is 0 Å². The minimum absolute atomic E-state index is 0. The van der Waals surface area contributed by atoms with Gasteiger partial charge in [0.2, 0.25) is 5.91 Å². The summed E-state index contributed by atoms with van der Waals surface area (Å²) in [6.45, 7) is 5.49. The fourth-order valence-corrected chi connectivity index (χ4v) is 1.91. The maximum absolute atomic E-state index is 11.6. The zero-order chi connectivity index (χ0) is 14.9. The molecule has 0 radical (unpaired) electrons. The normalized spacial score (nSPS) is 17.6. The molecule has 2 saturated carbocycles. The molecule has 0 aromatic carbocycles. The van der Waals surface area contributed by atoms with Crippen LogP contribution in [0.1, 0.15) is 39.0 Å². The minimum Gasteiger partial charge on any atom is -0.381 e. The molecule has 0 spiro atoms. The molecule has 7 heteroatoms. The molecule has 2 rings (SSSR count). The van der Waals surface area contributed by atoms with E-state index in [0.29, 0.717) is 12.0 Å². The van der Waals surface area contributed by atoms with Crippen molar-refractivity contribution in [1.82, 2.24) is 16.0 Å². The highest BCUT2D eigenvalue weighted by Gasteiger charge is 2.23. The van der Waals surface area contributed by atoms with Crippen molar-refractivity contribution in [3.05, 3.63) is 0 Å². The van der Waals surface area contributed by atoms with Crippen LogP contribution in [0.25, 0.3) is 0 Å². The number of aliphatic imine (C=N–C) groups is 1. The van der Waals surface area contributed by atoms with E-state index in [-0.39, 0.29) is 36.4 Å². The van der Waals surface area contributed by atoms with E-state index < -0.39 is 0 Å². The van der Waals surface area contributed by atoms with E-state index in [1.807, 2.05) is 6.92 Å². The van der Waals surface area contributed by atoms with Crippen LogP contribution in [0, 0.1) is 5.92 Å². The molecule has 0 aromatic heterocycles. The van der Waals surface area contributed by atoms with Crippen LogP contribution in [0.2, 0.25) is 0 Å². The van der Waals surface area contributed by atoms with E-state index in [2.05, 4.69) is 20.9 Å². The van der Waals surface area contributed by atoms with Gasteiger partial charge in [-0.1, -0.05) is 0 Å². The quantitative estimate of drug-likeness (QED) is 0.214. The lowest BCUT2D eigenvalue weighted by Gasteiger charge is -2.11. The molecule has 2 fully saturated rings. The standard InChI is InChI=1S/C15H28N4O2.HI/c1-2-16-15(18-10-14(20)19-13-6-7-13)17-8-3-9-21-11-12-4-5-12;/h12-13H,2-11H2,1H3,(H,19,20)(H2,16,17,18);1H. The van der Waals surface area contributed by atoms with Gasteiger partial charge in [-0.25, -0.2) is 4.99 Å². The number of carbonyl (C=O) groups excluding carboxylic acids is 1. The second kappa shape index (κ2) is 11.0. The van der Waals surface area contributed by atoms with Crippen molar-refractivity contribution in [3.63, 3.8) is 0 Å². The van der Waals surface area contributed by atoms with Crippen LogP contribution < -0.4 is 16.0 Å². The van der Waals surface area contributed by atoms with E-state index >= 15 is 0 Å². The summed E-state index contributed by atoms with van der Waals surface area (Å²) in [6.07, 6.45) is 5.82. The third-order valence-electron chi connectivity index (χ3n) is 3.48. The Morgan fingerprint density at radius 3 is 2.64 bits per heavy atom. The Hall–Kier alpha value is -0.570. The highest BCUT2D eigenvalue weighted by molar-refractivity contribution is 14.0. The maximum atomic E-state index is 11.6. The zero-order valence-electron chi connectivity index (χ0n) is 13.4. The van der Waals surface area contributed by atoms with Crippen molar-refractivity contribution < 1.29 is 9.53 Å². The van der Waals surface area contributed by atoms with Gasteiger partial charge in [0.15, 0.2) is 5.96 Å². The summed E-state index contributed by atoms with van der Waals surface area (Å²) >= 11 is 0. The van der Waals surface area contributed by atoms with Crippen LogP contribution in [0.3, 0.4) is 0 Å². The molecule has 0 aliphatic heterocycles. The monoisotopic (exact) mass is 424 g/mol.